The highest BCUT2D eigenvalue weighted by molar-refractivity contribution is 7.80. The molecule has 1 aliphatic heterocycles. The first-order valence-corrected chi connectivity index (χ1v) is 10.8. The first kappa shape index (κ1) is 20.2. The SMILES string of the molecule is COc1ccc(N2C(=S)N[C@@H](c3ccccn3)[C@H]2c2cccn2-c2ccc(C)cn2)cc1. The Morgan fingerprint density at radius 1 is 0.969 bits per heavy atom. The Hall–Kier alpha value is -3.71. The minimum Gasteiger partial charge on any atom is -0.497 e. The zero-order valence-electron chi connectivity index (χ0n) is 17.8. The average Bonchev–Trinajstić information content (AvgIpc) is 3.44. The number of rotatable bonds is 5. The highest BCUT2D eigenvalue weighted by Gasteiger charge is 2.42. The molecule has 0 saturated carbocycles. The third-order valence-corrected chi connectivity index (χ3v) is 5.99. The van der Waals surface area contributed by atoms with Crippen molar-refractivity contribution in [2.24, 2.45) is 0 Å². The molecule has 0 amide bonds. The molecule has 160 valence electrons. The molecular formula is C25H23N5OS. The fourth-order valence-electron chi connectivity index (χ4n) is 4.12. The van der Waals surface area contributed by atoms with Gasteiger partial charge < -0.3 is 19.5 Å². The van der Waals surface area contributed by atoms with Crippen LogP contribution in [0.25, 0.3) is 5.82 Å². The van der Waals surface area contributed by atoms with Gasteiger partial charge in [0.15, 0.2) is 5.11 Å². The molecule has 4 heterocycles. The lowest BCUT2D eigenvalue weighted by atomic mass is 10.0. The van der Waals surface area contributed by atoms with Gasteiger partial charge in [-0.3, -0.25) is 4.98 Å². The summed E-state index contributed by atoms with van der Waals surface area (Å²) in [4.78, 5) is 11.4. The fourth-order valence-corrected chi connectivity index (χ4v) is 4.47. The van der Waals surface area contributed by atoms with E-state index in [1.54, 1.807) is 7.11 Å². The van der Waals surface area contributed by atoms with Crippen LogP contribution in [0, 0.1) is 6.92 Å². The number of ether oxygens (including phenoxy) is 1. The van der Waals surface area contributed by atoms with Crippen LogP contribution in [0.4, 0.5) is 5.69 Å². The Labute approximate surface area is 192 Å². The Balaban J connectivity index is 1.64. The predicted molar refractivity (Wildman–Crippen MR) is 129 cm³/mol. The molecule has 0 radical (unpaired) electrons. The van der Waals surface area contributed by atoms with Gasteiger partial charge in [0, 0.05) is 30.0 Å². The number of nitrogens with one attached hydrogen (secondary N) is 1. The molecule has 0 spiro atoms. The van der Waals surface area contributed by atoms with Crippen molar-refractivity contribution in [1.82, 2.24) is 19.9 Å². The summed E-state index contributed by atoms with van der Waals surface area (Å²) in [5, 5.41) is 4.16. The van der Waals surface area contributed by atoms with Gasteiger partial charge in [-0.05, 0) is 79.3 Å². The summed E-state index contributed by atoms with van der Waals surface area (Å²) in [5.41, 5.74) is 4.11. The maximum Gasteiger partial charge on any atom is 0.174 e. The van der Waals surface area contributed by atoms with Crippen molar-refractivity contribution in [3.05, 3.63) is 102 Å². The van der Waals surface area contributed by atoms with Crippen LogP contribution in [-0.4, -0.2) is 26.8 Å². The largest absolute Gasteiger partial charge is 0.497 e. The van der Waals surface area contributed by atoms with Crippen molar-refractivity contribution in [2.45, 2.75) is 19.0 Å². The van der Waals surface area contributed by atoms with Gasteiger partial charge >= 0.3 is 0 Å². The molecule has 1 aliphatic rings. The van der Waals surface area contributed by atoms with E-state index >= 15 is 0 Å². The number of aromatic nitrogens is 3. The second-order valence-corrected chi connectivity index (χ2v) is 8.08. The second kappa shape index (κ2) is 8.43. The summed E-state index contributed by atoms with van der Waals surface area (Å²) in [5.74, 6) is 1.67. The van der Waals surface area contributed by atoms with Gasteiger partial charge in [0.05, 0.1) is 18.8 Å². The summed E-state index contributed by atoms with van der Waals surface area (Å²) in [6.45, 7) is 2.04. The standard InChI is InChI=1S/C25H23N5OS/c1-17-8-13-22(27-16-17)29-15-5-7-21(29)24-23(20-6-3-4-14-26-20)28-25(32)30(24)18-9-11-19(31-2)12-10-18/h3-16,23-24H,1-2H3,(H,28,32)/t23-,24+/m0/s1. The smallest absolute Gasteiger partial charge is 0.174 e. The Morgan fingerprint density at radius 2 is 1.81 bits per heavy atom. The van der Waals surface area contributed by atoms with Gasteiger partial charge in [-0.1, -0.05) is 12.1 Å². The number of pyridine rings is 2. The van der Waals surface area contributed by atoms with Crippen LogP contribution in [0.1, 0.15) is 29.0 Å². The van der Waals surface area contributed by atoms with Crippen LogP contribution in [0.3, 0.4) is 0 Å². The molecule has 0 aliphatic carbocycles. The summed E-state index contributed by atoms with van der Waals surface area (Å²) >= 11 is 5.82. The average molecular weight is 442 g/mol. The van der Waals surface area contributed by atoms with E-state index in [0.29, 0.717) is 5.11 Å². The van der Waals surface area contributed by atoms with Gasteiger partial charge in [-0.2, -0.15) is 0 Å². The van der Waals surface area contributed by atoms with Crippen molar-refractivity contribution in [1.29, 1.82) is 0 Å². The first-order valence-electron chi connectivity index (χ1n) is 10.4. The van der Waals surface area contributed by atoms with Crippen molar-refractivity contribution in [3.63, 3.8) is 0 Å². The van der Waals surface area contributed by atoms with Crippen LogP contribution in [-0.2, 0) is 0 Å². The minimum atomic E-state index is -0.121. The maximum atomic E-state index is 5.82. The van der Waals surface area contributed by atoms with E-state index in [0.717, 1.165) is 34.2 Å². The predicted octanol–water partition coefficient (Wildman–Crippen LogP) is 4.76. The first-order chi connectivity index (χ1) is 15.7. The van der Waals surface area contributed by atoms with Crippen molar-refractivity contribution in [2.75, 3.05) is 12.0 Å². The van der Waals surface area contributed by atoms with Crippen molar-refractivity contribution < 1.29 is 4.74 Å². The number of aryl methyl sites for hydroxylation is 1. The van der Waals surface area contributed by atoms with E-state index in [-0.39, 0.29) is 12.1 Å². The van der Waals surface area contributed by atoms with Crippen LogP contribution in [0.5, 0.6) is 5.75 Å². The van der Waals surface area contributed by atoms with Gasteiger partial charge in [0.2, 0.25) is 0 Å². The molecule has 0 bridgehead atoms. The fraction of sp³-hybridized carbons (Fsp3) is 0.160. The Morgan fingerprint density at radius 3 is 2.50 bits per heavy atom. The number of methoxy groups -OCH3 is 1. The zero-order valence-corrected chi connectivity index (χ0v) is 18.7. The molecule has 5 rings (SSSR count). The van der Waals surface area contributed by atoms with E-state index in [4.69, 9.17) is 17.0 Å². The topological polar surface area (TPSA) is 55.2 Å². The molecule has 1 N–H and O–H groups in total. The molecule has 6 nitrogen and oxygen atoms in total. The number of hydrogen-bond donors (Lipinski definition) is 1. The normalized spacial score (nSPS) is 17.9. The number of hydrogen-bond acceptors (Lipinski definition) is 4. The van der Waals surface area contributed by atoms with Crippen molar-refractivity contribution in [3.8, 4) is 11.6 Å². The highest BCUT2D eigenvalue weighted by atomic mass is 32.1. The molecule has 1 fully saturated rings. The van der Waals surface area contributed by atoms with Crippen LogP contribution < -0.4 is 15.0 Å². The molecule has 0 unspecified atom stereocenters. The quantitative estimate of drug-likeness (QED) is 0.451. The molecule has 1 aromatic carbocycles. The number of nitrogens with zero attached hydrogens (tertiary/aromatic N) is 4. The third kappa shape index (κ3) is 3.61. The van der Waals surface area contributed by atoms with Gasteiger partial charge in [0.1, 0.15) is 17.6 Å². The lowest BCUT2D eigenvalue weighted by Crippen LogP contribution is -2.30. The molecular weight excluding hydrogens is 418 g/mol. The van der Waals surface area contributed by atoms with E-state index in [9.17, 15) is 0 Å². The summed E-state index contributed by atoms with van der Waals surface area (Å²) < 4.78 is 7.46. The van der Waals surface area contributed by atoms with E-state index < -0.39 is 0 Å². The van der Waals surface area contributed by atoms with E-state index in [1.807, 2.05) is 80.1 Å². The molecule has 4 aromatic rings. The second-order valence-electron chi connectivity index (χ2n) is 7.69. The molecule has 7 heteroatoms. The molecule has 2 atom stereocenters. The molecule has 1 saturated heterocycles. The summed E-state index contributed by atoms with van der Waals surface area (Å²) in [6, 6.07) is 21.9. The van der Waals surface area contributed by atoms with E-state index in [2.05, 4.69) is 36.9 Å². The lowest BCUT2D eigenvalue weighted by molar-refractivity contribution is 0.415. The summed E-state index contributed by atoms with van der Waals surface area (Å²) in [6.07, 6.45) is 5.73. The van der Waals surface area contributed by atoms with Crippen LogP contribution in [0.15, 0.2) is 85.3 Å². The minimum absolute atomic E-state index is 0.120. The van der Waals surface area contributed by atoms with Gasteiger partial charge in [-0.15, -0.1) is 0 Å². The number of anilines is 1. The van der Waals surface area contributed by atoms with Crippen LogP contribution >= 0.6 is 12.2 Å². The molecule has 3 aromatic heterocycles. The van der Waals surface area contributed by atoms with Gasteiger partial charge in [0.25, 0.3) is 0 Å². The number of benzene rings is 1. The third-order valence-electron chi connectivity index (χ3n) is 5.67. The lowest BCUT2D eigenvalue weighted by Gasteiger charge is -2.29. The summed E-state index contributed by atoms with van der Waals surface area (Å²) in [7, 11) is 1.67. The van der Waals surface area contributed by atoms with Crippen LogP contribution in [0.2, 0.25) is 0 Å². The van der Waals surface area contributed by atoms with Gasteiger partial charge in [-0.25, -0.2) is 4.98 Å². The molecule has 32 heavy (non-hydrogen) atoms. The highest BCUT2D eigenvalue weighted by Crippen LogP contribution is 2.42. The van der Waals surface area contributed by atoms with Crippen molar-refractivity contribution >= 4 is 23.0 Å². The Kier molecular flexibility index (Phi) is 5.33. The number of thiocarbonyl (C=S) groups is 1. The maximum absolute atomic E-state index is 5.82. The Bertz CT molecular complexity index is 1220. The zero-order chi connectivity index (χ0) is 22.1. The van der Waals surface area contributed by atoms with E-state index in [1.165, 1.54) is 0 Å². The monoisotopic (exact) mass is 441 g/mol.